The van der Waals surface area contributed by atoms with E-state index in [-0.39, 0.29) is 12.5 Å². The van der Waals surface area contributed by atoms with E-state index in [1.807, 2.05) is 6.92 Å². The van der Waals surface area contributed by atoms with Crippen LogP contribution in [0.15, 0.2) is 18.2 Å². The predicted octanol–water partition coefficient (Wildman–Crippen LogP) is 2.50. The van der Waals surface area contributed by atoms with Crippen molar-refractivity contribution >= 4 is 0 Å². The van der Waals surface area contributed by atoms with Crippen molar-refractivity contribution in [3.8, 4) is 5.75 Å². The molecule has 0 fully saturated rings. The first-order valence-electron chi connectivity index (χ1n) is 6.60. The SMILES string of the molecule is Cc1cccc(CNC(C)C)c1OCC(C)CO. The molecule has 0 saturated heterocycles. The monoisotopic (exact) mass is 251 g/mol. The van der Waals surface area contributed by atoms with Crippen LogP contribution in [-0.2, 0) is 6.54 Å². The van der Waals surface area contributed by atoms with E-state index in [9.17, 15) is 0 Å². The van der Waals surface area contributed by atoms with Crippen molar-refractivity contribution in [2.45, 2.75) is 40.3 Å². The highest BCUT2D eigenvalue weighted by Gasteiger charge is 2.09. The molecule has 0 spiro atoms. The third kappa shape index (κ3) is 4.67. The molecule has 1 atom stereocenters. The van der Waals surface area contributed by atoms with Crippen LogP contribution in [0.4, 0.5) is 0 Å². The summed E-state index contributed by atoms with van der Waals surface area (Å²) in [6, 6.07) is 6.64. The van der Waals surface area contributed by atoms with Gasteiger partial charge in [0.1, 0.15) is 5.75 Å². The summed E-state index contributed by atoms with van der Waals surface area (Å²) in [6.07, 6.45) is 0. The third-order valence-corrected chi connectivity index (χ3v) is 2.82. The number of benzene rings is 1. The fourth-order valence-electron chi connectivity index (χ4n) is 1.65. The lowest BCUT2D eigenvalue weighted by Crippen LogP contribution is -2.22. The number of rotatable bonds is 7. The zero-order valence-electron chi connectivity index (χ0n) is 11.9. The summed E-state index contributed by atoms with van der Waals surface area (Å²) in [7, 11) is 0. The lowest BCUT2D eigenvalue weighted by atomic mass is 10.1. The van der Waals surface area contributed by atoms with Crippen molar-refractivity contribution in [1.29, 1.82) is 0 Å². The average molecular weight is 251 g/mol. The zero-order chi connectivity index (χ0) is 13.5. The van der Waals surface area contributed by atoms with Crippen molar-refractivity contribution in [2.24, 2.45) is 5.92 Å². The Morgan fingerprint density at radius 2 is 2.00 bits per heavy atom. The normalized spacial score (nSPS) is 12.8. The first-order chi connectivity index (χ1) is 8.54. The number of aliphatic hydroxyl groups is 1. The van der Waals surface area contributed by atoms with Gasteiger partial charge in [-0.2, -0.15) is 0 Å². The summed E-state index contributed by atoms with van der Waals surface area (Å²) in [4.78, 5) is 0. The highest BCUT2D eigenvalue weighted by atomic mass is 16.5. The van der Waals surface area contributed by atoms with Crippen LogP contribution in [0.1, 0.15) is 31.9 Å². The van der Waals surface area contributed by atoms with E-state index >= 15 is 0 Å². The molecule has 3 nitrogen and oxygen atoms in total. The summed E-state index contributed by atoms with van der Waals surface area (Å²) < 4.78 is 5.85. The Bertz CT molecular complexity index is 364. The van der Waals surface area contributed by atoms with Gasteiger partial charge in [-0.1, -0.05) is 39.0 Å². The number of hydrogen-bond acceptors (Lipinski definition) is 3. The number of ether oxygens (including phenoxy) is 1. The van der Waals surface area contributed by atoms with Crippen molar-refractivity contribution in [3.63, 3.8) is 0 Å². The molecular weight excluding hydrogens is 226 g/mol. The van der Waals surface area contributed by atoms with Gasteiger partial charge in [-0.25, -0.2) is 0 Å². The van der Waals surface area contributed by atoms with Crippen LogP contribution in [0.2, 0.25) is 0 Å². The van der Waals surface area contributed by atoms with Crippen molar-refractivity contribution in [2.75, 3.05) is 13.2 Å². The number of para-hydroxylation sites is 1. The van der Waals surface area contributed by atoms with E-state index < -0.39 is 0 Å². The quantitative estimate of drug-likeness (QED) is 0.782. The molecule has 0 aliphatic heterocycles. The van der Waals surface area contributed by atoms with Crippen LogP contribution >= 0.6 is 0 Å². The lowest BCUT2D eigenvalue weighted by Gasteiger charge is -2.17. The van der Waals surface area contributed by atoms with Crippen LogP contribution in [-0.4, -0.2) is 24.4 Å². The summed E-state index contributed by atoms with van der Waals surface area (Å²) in [5.41, 5.74) is 2.32. The Labute approximate surface area is 110 Å². The Morgan fingerprint density at radius 1 is 1.28 bits per heavy atom. The average Bonchev–Trinajstić information content (AvgIpc) is 2.34. The van der Waals surface area contributed by atoms with E-state index in [0.717, 1.165) is 17.9 Å². The Hall–Kier alpha value is -1.06. The summed E-state index contributed by atoms with van der Waals surface area (Å²) >= 11 is 0. The second-order valence-corrected chi connectivity index (χ2v) is 5.20. The fourth-order valence-corrected chi connectivity index (χ4v) is 1.65. The van der Waals surface area contributed by atoms with Gasteiger partial charge in [-0.3, -0.25) is 0 Å². The van der Waals surface area contributed by atoms with Crippen LogP contribution < -0.4 is 10.1 Å². The molecule has 3 heteroatoms. The van der Waals surface area contributed by atoms with Gasteiger partial charge in [-0.05, 0) is 12.5 Å². The Balaban J connectivity index is 2.73. The summed E-state index contributed by atoms with van der Waals surface area (Å²) in [6.45, 7) is 9.81. The van der Waals surface area contributed by atoms with Gasteiger partial charge >= 0.3 is 0 Å². The molecule has 0 amide bonds. The summed E-state index contributed by atoms with van der Waals surface area (Å²) in [5.74, 6) is 1.11. The molecular formula is C15H25NO2. The maximum absolute atomic E-state index is 9.04. The predicted molar refractivity (Wildman–Crippen MR) is 74.9 cm³/mol. The zero-order valence-corrected chi connectivity index (χ0v) is 11.9. The van der Waals surface area contributed by atoms with Gasteiger partial charge < -0.3 is 15.2 Å². The van der Waals surface area contributed by atoms with Gasteiger partial charge in [-0.15, -0.1) is 0 Å². The molecule has 0 aromatic heterocycles. The first-order valence-corrected chi connectivity index (χ1v) is 6.60. The van der Waals surface area contributed by atoms with E-state index in [4.69, 9.17) is 9.84 Å². The molecule has 0 bridgehead atoms. The minimum absolute atomic E-state index is 0.158. The van der Waals surface area contributed by atoms with Gasteiger partial charge in [0.05, 0.1) is 6.61 Å². The van der Waals surface area contributed by atoms with Gasteiger partial charge in [0, 0.05) is 30.7 Å². The molecule has 0 radical (unpaired) electrons. The molecule has 18 heavy (non-hydrogen) atoms. The Kier molecular flexibility index (Phi) is 6.16. The van der Waals surface area contributed by atoms with Crippen LogP contribution in [0.3, 0.4) is 0 Å². The lowest BCUT2D eigenvalue weighted by molar-refractivity contribution is 0.173. The second-order valence-electron chi connectivity index (χ2n) is 5.20. The van der Waals surface area contributed by atoms with Crippen molar-refractivity contribution in [1.82, 2.24) is 5.32 Å². The molecule has 0 aliphatic rings. The number of aryl methyl sites for hydroxylation is 1. The number of nitrogens with one attached hydrogen (secondary N) is 1. The standard InChI is InChI=1S/C15H25NO2/c1-11(2)16-8-14-7-5-6-13(4)15(14)18-10-12(3)9-17/h5-7,11-12,16-17H,8-10H2,1-4H3. The minimum atomic E-state index is 0.158. The van der Waals surface area contributed by atoms with E-state index in [2.05, 4.69) is 44.3 Å². The molecule has 1 aromatic rings. The van der Waals surface area contributed by atoms with Crippen LogP contribution in [0.5, 0.6) is 5.75 Å². The highest BCUT2D eigenvalue weighted by molar-refractivity contribution is 5.40. The molecule has 2 N–H and O–H groups in total. The number of hydrogen-bond donors (Lipinski definition) is 2. The molecule has 1 unspecified atom stereocenters. The van der Waals surface area contributed by atoms with E-state index in [1.165, 1.54) is 5.56 Å². The van der Waals surface area contributed by atoms with E-state index in [0.29, 0.717) is 12.6 Å². The van der Waals surface area contributed by atoms with Crippen molar-refractivity contribution in [3.05, 3.63) is 29.3 Å². The topological polar surface area (TPSA) is 41.5 Å². The van der Waals surface area contributed by atoms with Gasteiger partial charge in [0.25, 0.3) is 0 Å². The Morgan fingerprint density at radius 3 is 2.61 bits per heavy atom. The molecule has 0 saturated carbocycles. The van der Waals surface area contributed by atoms with Gasteiger partial charge in [0.2, 0.25) is 0 Å². The van der Waals surface area contributed by atoms with Crippen LogP contribution in [0.25, 0.3) is 0 Å². The third-order valence-electron chi connectivity index (χ3n) is 2.82. The maximum atomic E-state index is 9.04. The first kappa shape index (κ1) is 15.0. The van der Waals surface area contributed by atoms with E-state index in [1.54, 1.807) is 0 Å². The fraction of sp³-hybridized carbons (Fsp3) is 0.600. The summed E-state index contributed by atoms with van der Waals surface area (Å²) in [5, 5.41) is 12.4. The molecule has 1 rings (SSSR count). The van der Waals surface area contributed by atoms with Crippen molar-refractivity contribution < 1.29 is 9.84 Å². The van der Waals surface area contributed by atoms with Crippen LogP contribution in [0, 0.1) is 12.8 Å². The largest absolute Gasteiger partial charge is 0.493 e. The van der Waals surface area contributed by atoms with Gasteiger partial charge in [0.15, 0.2) is 0 Å². The second kappa shape index (κ2) is 7.39. The molecule has 1 aromatic carbocycles. The smallest absolute Gasteiger partial charge is 0.126 e. The maximum Gasteiger partial charge on any atom is 0.126 e. The highest BCUT2D eigenvalue weighted by Crippen LogP contribution is 2.24. The molecule has 102 valence electrons. The minimum Gasteiger partial charge on any atom is -0.493 e. The molecule has 0 heterocycles. The molecule has 0 aliphatic carbocycles. The number of aliphatic hydroxyl groups excluding tert-OH is 1.